The molecule has 0 aliphatic carbocycles. The summed E-state index contributed by atoms with van der Waals surface area (Å²) in [6.07, 6.45) is 7.98. The van der Waals surface area contributed by atoms with Gasteiger partial charge in [-0.3, -0.25) is 4.79 Å². The lowest BCUT2D eigenvalue weighted by Gasteiger charge is -2.25. The van der Waals surface area contributed by atoms with Crippen LogP contribution < -0.4 is 10.2 Å². The minimum Gasteiger partial charge on any atom is -0.472 e. The summed E-state index contributed by atoms with van der Waals surface area (Å²) in [5, 5.41) is 2.99. The zero-order valence-corrected chi connectivity index (χ0v) is 12.0. The molecule has 1 amide bonds. The number of para-hydroxylation sites is 2. The molecule has 0 spiro atoms. The number of hydrogen-bond acceptors (Lipinski definition) is 3. The third-order valence-corrected chi connectivity index (χ3v) is 3.88. The summed E-state index contributed by atoms with van der Waals surface area (Å²) >= 11 is 0. The topological polar surface area (TPSA) is 45.5 Å². The number of amides is 1. The molecule has 1 N–H and O–H groups in total. The molecule has 3 rings (SSSR count). The van der Waals surface area contributed by atoms with Crippen molar-refractivity contribution in [3.05, 3.63) is 48.4 Å². The molecule has 0 radical (unpaired) electrons. The van der Waals surface area contributed by atoms with Gasteiger partial charge in [0.2, 0.25) is 0 Å². The van der Waals surface area contributed by atoms with Crippen molar-refractivity contribution in [2.24, 2.45) is 0 Å². The number of nitrogens with one attached hydrogen (secondary N) is 1. The first-order chi connectivity index (χ1) is 10.3. The Hall–Kier alpha value is -2.23. The predicted octanol–water partition coefficient (Wildman–Crippen LogP) is 3.91. The summed E-state index contributed by atoms with van der Waals surface area (Å²) in [5.41, 5.74) is 2.52. The van der Waals surface area contributed by atoms with Crippen LogP contribution in [0.1, 0.15) is 36.0 Å². The molecule has 110 valence electrons. The van der Waals surface area contributed by atoms with Gasteiger partial charge in [-0.25, -0.2) is 0 Å². The SMILES string of the molecule is O=C(Nc1ccccc1N1CCCCCC1)c1ccoc1. The Labute approximate surface area is 124 Å². The Morgan fingerprint density at radius 3 is 2.52 bits per heavy atom. The highest BCUT2D eigenvalue weighted by Gasteiger charge is 2.15. The van der Waals surface area contributed by atoms with Crippen LogP contribution in [0, 0.1) is 0 Å². The molecular weight excluding hydrogens is 264 g/mol. The summed E-state index contributed by atoms with van der Waals surface area (Å²) in [4.78, 5) is 14.6. The van der Waals surface area contributed by atoms with Crippen LogP contribution in [0.5, 0.6) is 0 Å². The van der Waals surface area contributed by atoms with E-state index in [0.717, 1.165) is 24.5 Å². The maximum atomic E-state index is 12.2. The Morgan fingerprint density at radius 2 is 1.81 bits per heavy atom. The molecule has 4 nitrogen and oxygen atoms in total. The molecule has 4 heteroatoms. The summed E-state index contributed by atoms with van der Waals surface area (Å²) in [6.45, 7) is 2.11. The number of nitrogens with zero attached hydrogens (tertiary/aromatic N) is 1. The quantitative estimate of drug-likeness (QED) is 0.929. The van der Waals surface area contributed by atoms with Crippen molar-refractivity contribution in [3.63, 3.8) is 0 Å². The van der Waals surface area contributed by atoms with Crippen molar-refractivity contribution in [1.29, 1.82) is 0 Å². The van der Waals surface area contributed by atoms with Gasteiger partial charge in [-0.05, 0) is 31.0 Å². The number of carbonyl (C=O) groups excluding carboxylic acids is 1. The van der Waals surface area contributed by atoms with Gasteiger partial charge in [0.25, 0.3) is 5.91 Å². The van der Waals surface area contributed by atoms with E-state index in [2.05, 4.69) is 16.3 Å². The fraction of sp³-hybridized carbons (Fsp3) is 0.353. The maximum Gasteiger partial charge on any atom is 0.258 e. The van der Waals surface area contributed by atoms with Gasteiger partial charge in [-0.1, -0.05) is 25.0 Å². The number of anilines is 2. The number of carbonyl (C=O) groups is 1. The van der Waals surface area contributed by atoms with E-state index in [0.29, 0.717) is 5.56 Å². The van der Waals surface area contributed by atoms with E-state index in [-0.39, 0.29) is 5.91 Å². The van der Waals surface area contributed by atoms with Gasteiger partial charge < -0.3 is 14.6 Å². The molecule has 0 atom stereocenters. The third-order valence-electron chi connectivity index (χ3n) is 3.88. The van der Waals surface area contributed by atoms with E-state index in [4.69, 9.17) is 4.42 Å². The van der Waals surface area contributed by atoms with Crippen molar-refractivity contribution in [1.82, 2.24) is 0 Å². The van der Waals surface area contributed by atoms with Crippen LogP contribution in [0.25, 0.3) is 0 Å². The molecule has 1 aliphatic heterocycles. The van der Waals surface area contributed by atoms with Gasteiger partial charge in [-0.15, -0.1) is 0 Å². The Bertz CT molecular complexity index is 585. The number of rotatable bonds is 3. The molecule has 0 unspecified atom stereocenters. The van der Waals surface area contributed by atoms with Crippen molar-refractivity contribution < 1.29 is 9.21 Å². The molecule has 0 saturated carbocycles. The molecule has 1 fully saturated rings. The van der Waals surface area contributed by atoms with Crippen LogP contribution in [0.4, 0.5) is 11.4 Å². The normalized spacial score (nSPS) is 15.5. The average molecular weight is 284 g/mol. The fourth-order valence-corrected chi connectivity index (χ4v) is 2.75. The molecule has 1 saturated heterocycles. The highest BCUT2D eigenvalue weighted by Crippen LogP contribution is 2.28. The van der Waals surface area contributed by atoms with Crippen LogP contribution >= 0.6 is 0 Å². The number of furan rings is 1. The molecule has 2 aromatic rings. The van der Waals surface area contributed by atoms with Crippen molar-refractivity contribution in [3.8, 4) is 0 Å². The van der Waals surface area contributed by atoms with Gasteiger partial charge in [0.05, 0.1) is 23.2 Å². The largest absolute Gasteiger partial charge is 0.472 e. The smallest absolute Gasteiger partial charge is 0.258 e. The minimum absolute atomic E-state index is 0.133. The lowest BCUT2D eigenvalue weighted by atomic mass is 10.2. The van der Waals surface area contributed by atoms with Gasteiger partial charge >= 0.3 is 0 Å². The first-order valence-electron chi connectivity index (χ1n) is 7.52. The Balaban J connectivity index is 1.80. The highest BCUT2D eigenvalue weighted by molar-refractivity contribution is 6.05. The molecular formula is C17H20N2O2. The average Bonchev–Trinajstić information content (AvgIpc) is 2.91. The van der Waals surface area contributed by atoms with E-state index in [1.165, 1.54) is 38.2 Å². The standard InChI is InChI=1S/C17H20N2O2/c20-17(14-9-12-21-13-14)18-15-7-3-4-8-16(15)19-10-5-1-2-6-11-19/h3-4,7-9,12-13H,1-2,5-6,10-11H2,(H,18,20). The third kappa shape index (κ3) is 3.27. The highest BCUT2D eigenvalue weighted by atomic mass is 16.3. The second kappa shape index (κ2) is 6.48. The van der Waals surface area contributed by atoms with Crippen LogP contribution in [0.2, 0.25) is 0 Å². The first-order valence-corrected chi connectivity index (χ1v) is 7.52. The van der Waals surface area contributed by atoms with E-state index in [9.17, 15) is 4.79 Å². The molecule has 1 aromatic carbocycles. The van der Waals surface area contributed by atoms with Crippen molar-refractivity contribution in [2.45, 2.75) is 25.7 Å². The monoisotopic (exact) mass is 284 g/mol. The van der Waals surface area contributed by atoms with Gasteiger partial charge in [0.1, 0.15) is 6.26 Å². The van der Waals surface area contributed by atoms with Crippen LogP contribution in [-0.4, -0.2) is 19.0 Å². The molecule has 0 bridgehead atoms. The van der Waals surface area contributed by atoms with Gasteiger partial charge in [0.15, 0.2) is 0 Å². The van der Waals surface area contributed by atoms with Crippen LogP contribution in [0.3, 0.4) is 0 Å². The summed E-state index contributed by atoms with van der Waals surface area (Å²) in [7, 11) is 0. The first kappa shape index (κ1) is 13.7. The number of hydrogen-bond donors (Lipinski definition) is 1. The van der Waals surface area contributed by atoms with Crippen molar-refractivity contribution >= 4 is 17.3 Å². The molecule has 2 heterocycles. The van der Waals surface area contributed by atoms with E-state index < -0.39 is 0 Å². The van der Waals surface area contributed by atoms with Gasteiger partial charge in [-0.2, -0.15) is 0 Å². The van der Waals surface area contributed by atoms with Crippen LogP contribution in [-0.2, 0) is 0 Å². The second-order valence-electron chi connectivity index (χ2n) is 5.38. The fourth-order valence-electron chi connectivity index (χ4n) is 2.75. The lowest BCUT2D eigenvalue weighted by molar-refractivity contribution is 0.102. The summed E-state index contributed by atoms with van der Waals surface area (Å²) < 4.78 is 4.97. The number of benzene rings is 1. The zero-order chi connectivity index (χ0) is 14.5. The Kier molecular flexibility index (Phi) is 4.24. The second-order valence-corrected chi connectivity index (χ2v) is 5.38. The molecule has 1 aliphatic rings. The van der Waals surface area contributed by atoms with E-state index in [1.807, 2.05) is 18.2 Å². The predicted molar refractivity (Wildman–Crippen MR) is 83.8 cm³/mol. The molecule has 1 aromatic heterocycles. The van der Waals surface area contributed by atoms with Crippen molar-refractivity contribution in [2.75, 3.05) is 23.3 Å². The maximum absolute atomic E-state index is 12.2. The van der Waals surface area contributed by atoms with Gasteiger partial charge in [0, 0.05) is 13.1 Å². The summed E-state index contributed by atoms with van der Waals surface area (Å²) in [6, 6.07) is 9.68. The van der Waals surface area contributed by atoms with E-state index >= 15 is 0 Å². The molecule has 21 heavy (non-hydrogen) atoms. The summed E-state index contributed by atoms with van der Waals surface area (Å²) in [5.74, 6) is -0.133. The minimum atomic E-state index is -0.133. The lowest BCUT2D eigenvalue weighted by Crippen LogP contribution is -2.25. The van der Waals surface area contributed by atoms with E-state index in [1.54, 1.807) is 6.07 Å². The van der Waals surface area contributed by atoms with Crippen LogP contribution in [0.15, 0.2) is 47.3 Å². The zero-order valence-electron chi connectivity index (χ0n) is 12.0. The Morgan fingerprint density at radius 1 is 1.05 bits per heavy atom.